The predicted octanol–water partition coefficient (Wildman–Crippen LogP) is 2.10. The van der Waals surface area contributed by atoms with E-state index in [1.165, 1.54) is 0 Å². The number of benzene rings is 1. The van der Waals surface area contributed by atoms with Crippen molar-refractivity contribution in [3.8, 4) is 0 Å². The third-order valence-electron chi connectivity index (χ3n) is 6.98. The molecule has 1 aromatic carbocycles. The second kappa shape index (κ2) is 10.0. The van der Waals surface area contributed by atoms with Crippen molar-refractivity contribution >= 4 is 35.0 Å². The topological polar surface area (TPSA) is 128 Å². The first-order chi connectivity index (χ1) is 16.5. The fourth-order valence-corrected chi connectivity index (χ4v) is 6.08. The Morgan fingerprint density at radius 2 is 1.91 bits per heavy atom. The molecule has 0 saturated carbocycles. The summed E-state index contributed by atoms with van der Waals surface area (Å²) in [4.78, 5) is 53.3. The molecule has 3 aliphatic rings. The van der Waals surface area contributed by atoms with Crippen LogP contribution in [0.15, 0.2) is 24.3 Å². The number of imide groups is 2. The molecule has 0 bridgehead atoms. The zero-order valence-corrected chi connectivity index (χ0v) is 21.2. The zero-order valence-electron chi connectivity index (χ0n) is 20.4. The summed E-state index contributed by atoms with van der Waals surface area (Å²) in [7, 11) is 0. The summed E-state index contributed by atoms with van der Waals surface area (Å²) in [5, 5.41) is 2.21. The van der Waals surface area contributed by atoms with Gasteiger partial charge in [0.05, 0.1) is 5.54 Å². The molecule has 0 radical (unpaired) electrons. The Labute approximate surface area is 208 Å². The molecule has 1 aliphatic carbocycles. The van der Waals surface area contributed by atoms with Crippen LogP contribution < -0.4 is 10.0 Å². The number of urea groups is 1. The molecule has 0 unspecified atom stereocenters. The van der Waals surface area contributed by atoms with Gasteiger partial charge in [0.15, 0.2) is 11.7 Å². The number of hydrogen-bond donors (Lipinski definition) is 2. The van der Waals surface area contributed by atoms with Gasteiger partial charge in [0.25, 0.3) is 5.91 Å². The van der Waals surface area contributed by atoms with Crippen LogP contribution in [0, 0.1) is 5.92 Å². The Morgan fingerprint density at radius 3 is 2.60 bits per heavy atom. The summed E-state index contributed by atoms with van der Waals surface area (Å²) in [5.74, 6) is -3.89. The summed E-state index contributed by atoms with van der Waals surface area (Å²) >= 11 is -1.50. The molecule has 190 valence electrons. The van der Waals surface area contributed by atoms with E-state index in [9.17, 15) is 23.7 Å². The summed E-state index contributed by atoms with van der Waals surface area (Å²) in [6, 6.07) is 6.48. The summed E-state index contributed by atoms with van der Waals surface area (Å²) in [5.41, 5.74) is 0.914. The molecule has 2 heterocycles. The first-order valence-electron chi connectivity index (χ1n) is 12.1. The molecule has 4 amide bonds. The average molecular weight is 504 g/mol. The SMILES string of the molecule is CC(C)(C)[S@+]([O-])N[C@@]1(CC(=O)[C@H]2C(=O)NC(=O)N(C3CCOCC3)C2=O)CCCc2ccccc21. The van der Waals surface area contributed by atoms with E-state index < -0.39 is 57.2 Å². The van der Waals surface area contributed by atoms with E-state index in [0.717, 1.165) is 28.9 Å². The van der Waals surface area contributed by atoms with Gasteiger partial charge >= 0.3 is 6.03 Å². The van der Waals surface area contributed by atoms with Gasteiger partial charge in [-0.25, -0.2) is 4.79 Å². The number of amides is 4. The van der Waals surface area contributed by atoms with E-state index in [4.69, 9.17) is 4.74 Å². The Kier molecular flexibility index (Phi) is 7.38. The summed E-state index contributed by atoms with van der Waals surface area (Å²) in [6.07, 6.45) is 2.84. The Balaban J connectivity index is 1.65. The van der Waals surface area contributed by atoms with Gasteiger partial charge in [0, 0.05) is 37.0 Å². The van der Waals surface area contributed by atoms with Crippen molar-refractivity contribution in [3.05, 3.63) is 35.4 Å². The highest BCUT2D eigenvalue weighted by Gasteiger charge is 2.51. The summed E-state index contributed by atoms with van der Waals surface area (Å²) in [6.45, 7) is 6.33. The predicted molar refractivity (Wildman–Crippen MR) is 129 cm³/mol. The van der Waals surface area contributed by atoms with Crippen LogP contribution in [-0.2, 0) is 42.4 Å². The maximum absolute atomic E-state index is 13.7. The fourth-order valence-electron chi connectivity index (χ4n) is 5.14. The van der Waals surface area contributed by atoms with E-state index in [0.29, 0.717) is 32.5 Å². The van der Waals surface area contributed by atoms with Gasteiger partial charge in [-0.1, -0.05) is 24.3 Å². The maximum Gasteiger partial charge on any atom is 0.331 e. The number of carbonyl (C=O) groups is 4. The molecule has 2 saturated heterocycles. The minimum atomic E-state index is -1.62. The van der Waals surface area contributed by atoms with E-state index in [2.05, 4.69) is 10.0 Å². The van der Waals surface area contributed by atoms with E-state index >= 15 is 0 Å². The van der Waals surface area contributed by atoms with Crippen LogP contribution in [-0.4, -0.2) is 57.1 Å². The van der Waals surface area contributed by atoms with E-state index in [1.807, 2.05) is 45.0 Å². The zero-order chi connectivity index (χ0) is 25.4. The lowest BCUT2D eigenvalue weighted by Crippen LogP contribution is -2.64. The standard InChI is InChI=1S/C25H33N3O6S/c1-24(2,3)35(33)27-25(12-6-8-16-7-4-5-9-18(16)25)15-19(29)20-21(30)26-23(32)28(22(20)31)17-10-13-34-14-11-17/h4-5,7,9,17,20,27H,6,8,10-15H2,1-3H3,(H,26,30,32)/t20-,25+,35-/m0/s1. The lowest BCUT2D eigenvalue weighted by atomic mass is 9.73. The molecular weight excluding hydrogens is 470 g/mol. The summed E-state index contributed by atoms with van der Waals surface area (Å²) < 4.78 is 21.2. The van der Waals surface area contributed by atoms with Gasteiger partial charge < -0.3 is 9.29 Å². The number of barbiturate groups is 1. The largest absolute Gasteiger partial charge is 0.598 e. The second-order valence-corrected chi connectivity index (χ2v) is 12.5. The quantitative estimate of drug-likeness (QED) is 0.449. The minimum Gasteiger partial charge on any atom is -0.598 e. The monoisotopic (exact) mass is 503 g/mol. The number of nitrogens with one attached hydrogen (secondary N) is 2. The third kappa shape index (κ3) is 5.16. The van der Waals surface area contributed by atoms with Gasteiger partial charge in [-0.15, -0.1) is 4.72 Å². The van der Waals surface area contributed by atoms with Crippen LogP contribution in [0.4, 0.5) is 4.79 Å². The molecule has 1 aromatic rings. The molecule has 0 spiro atoms. The first kappa shape index (κ1) is 25.8. The van der Waals surface area contributed by atoms with E-state index in [1.54, 1.807) is 0 Å². The van der Waals surface area contributed by atoms with Crippen LogP contribution in [0.3, 0.4) is 0 Å². The highest BCUT2D eigenvalue weighted by atomic mass is 32.2. The second-order valence-electron chi connectivity index (χ2n) is 10.5. The molecule has 9 nitrogen and oxygen atoms in total. The number of carbonyl (C=O) groups excluding carboxylic acids is 4. The van der Waals surface area contributed by atoms with Gasteiger partial charge in [0.2, 0.25) is 5.91 Å². The lowest BCUT2D eigenvalue weighted by Gasteiger charge is -2.42. The molecular formula is C25H33N3O6S. The number of ether oxygens (including phenoxy) is 1. The number of nitrogens with zero attached hydrogens (tertiary/aromatic N) is 1. The Morgan fingerprint density at radius 1 is 1.23 bits per heavy atom. The highest BCUT2D eigenvalue weighted by Crippen LogP contribution is 2.41. The van der Waals surface area contributed by atoms with Crippen molar-refractivity contribution in [1.82, 2.24) is 14.9 Å². The maximum atomic E-state index is 13.7. The van der Waals surface area contributed by atoms with Crippen LogP contribution in [0.2, 0.25) is 0 Å². The van der Waals surface area contributed by atoms with Crippen LogP contribution in [0.1, 0.15) is 64.0 Å². The molecule has 35 heavy (non-hydrogen) atoms. The number of rotatable bonds is 6. The number of hydrogen-bond acceptors (Lipinski definition) is 7. The molecule has 4 rings (SSSR count). The van der Waals surface area contributed by atoms with Crippen molar-refractivity contribution in [2.24, 2.45) is 5.92 Å². The van der Waals surface area contributed by atoms with Crippen molar-refractivity contribution in [2.75, 3.05) is 13.2 Å². The molecule has 2 aliphatic heterocycles. The number of Topliss-reactive ketones (excluding diaryl/α,β-unsaturated/α-hetero) is 1. The van der Waals surface area contributed by atoms with Crippen molar-refractivity contribution < 1.29 is 28.5 Å². The average Bonchev–Trinajstić information content (AvgIpc) is 2.79. The Hall–Kier alpha value is -2.27. The fraction of sp³-hybridized carbons (Fsp3) is 0.600. The third-order valence-corrected chi connectivity index (χ3v) is 8.66. The lowest BCUT2D eigenvalue weighted by molar-refractivity contribution is -0.150. The van der Waals surface area contributed by atoms with Gasteiger partial charge in [-0.2, -0.15) is 0 Å². The minimum absolute atomic E-state index is 0.189. The number of fused-ring (bicyclic) bond motifs is 1. The number of ketones is 1. The molecule has 0 aromatic heterocycles. The van der Waals surface area contributed by atoms with E-state index in [-0.39, 0.29) is 6.42 Å². The number of aryl methyl sites for hydroxylation is 1. The van der Waals surface area contributed by atoms with Crippen molar-refractivity contribution in [3.63, 3.8) is 0 Å². The molecule has 3 atom stereocenters. The van der Waals surface area contributed by atoms with Crippen LogP contribution in [0.5, 0.6) is 0 Å². The van der Waals surface area contributed by atoms with Gasteiger partial charge in [-0.05, 0) is 64.0 Å². The first-order valence-corrected chi connectivity index (χ1v) is 13.2. The molecule has 2 fully saturated rings. The highest BCUT2D eigenvalue weighted by molar-refractivity contribution is 7.90. The Bertz CT molecular complexity index is 1020. The van der Waals surface area contributed by atoms with Crippen molar-refractivity contribution in [2.45, 2.75) is 75.6 Å². The smallest absolute Gasteiger partial charge is 0.331 e. The van der Waals surface area contributed by atoms with Crippen LogP contribution in [0.25, 0.3) is 0 Å². The van der Waals surface area contributed by atoms with Gasteiger partial charge in [-0.3, -0.25) is 24.6 Å². The molecule has 2 N–H and O–H groups in total. The normalized spacial score (nSPS) is 26.8. The van der Waals surface area contributed by atoms with Gasteiger partial charge in [0.1, 0.15) is 4.75 Å². The van der Waals surface area contributed by atoms with Crippen LogP contribution >= 0.6 is 0 Å². The van der Waals surface area contributed by atoms with Crippen molar-refractivity contribution in [1.29, 1.82) is 0 Å². The molecule has 10 heteroatoms.